The molecule has 0 radical (unpaired) electrons. The average Bonchev–Trinajstić information content (AvgIpc) is 2.62. The van der Waals surface area contributed by atoms with Crippen molar-refractivity contribution in [1.29, 1.82) is 0 Å². The maximum absolute atomic E-state index is 12.5. The Kier molecular flexibility index (Phi) is 4.63. The van der Waals surface area contributed by atoms with Crippen molar-refractivity contribution >= 4 is 34.2 Å². The van der Waals surface area contributed by atoms with Crippen molar-refractivity contribution in [3.63, 3.8) is 0 Å². The zero-order valence-corrected chi connectivity index (χ0v) is 14.2. The Morgan fingerprint density at radius 3 is 2.52 bits per heavy atom. The Balaban J connectivity index is 1.99. The quantitative estimate of drug-likeness (QED) is 0.768. The Morgan fingerprint density at radius 2 is 1.80 bits per heavy atom. The Hall–Kier alpha value is -2.99. The Bertz CT molecular complexity index is 1010. The van der Waals surface area contributed by atoms with Crippen molar-refractivity contribution in [2.75, 3.05) is 19.5 Å². The van der Waals surface area contributed by atoms with E-state index in [2.05, 4.69) is 5.32 Å². The highest BCUT2D eigenvalue weighted by Gasteiger charge is 2.16. The van der Waals surface area contributed by atoms with Crippen molar-refractivity contribution in [2.45, 2.75) is 0 Å². The normalized spacial score (nSPS) is 10.5. The number of para-hydroxylation sites is 1. The van der Waals surface area contributed by atoms with E-state index in [1.807, 2.05) is 0 Å². The minimum absolute atomic E-state index is 0.111. The molecule has 1 amide bonds. The SMILES string of the molecule is COc1cc(NC(=O)c2cc(=O)c3ccccc3o2)c(OC)cc1Cl. The van der Waals surface area contributed by atoms with E-state index >= 15 is 0 Å². The van der Waals surface area contributed by atoms with Crippen LogP contribution < -0.4 is 20.2 Å². The maximum Gasteiger partial charge on any atom is 0.291 e. The van der Waals surface area contributed by atoms with Crippen molar-refractivity contribution in [3.05, 3.63) is 63.5 Å². The van der Waals surface area contributed by atoms with Gasteiger partial charge in [0, 0.05) is 18.2 Å². The maximum atomic E-state index is 12.5. The lowest BCUT2D eigenvalue weighted by molar-refractivity contribution is 0.0997. The summed E-state index contributed by atoms with van der Waals surface area (Å²) in [5.41, 5.74) is 0.373. The van der Waals surface area contributed by atoms with Gasteiger partial charge >= 0.3 is 0 Å². The molecule has 0 fully saturated rings. The highest BCUT2D eigenvalue weighted by Crippen LogP contribution is 2.36. The average molecular weight is 360 g/mol. The topological polar surface area (TPSA) is 77.8 Å². The molecule has 25 heavy (non-hydrogen) atoms. The van der Waals surface area contributed by atoms with Crippen molar-refractivity contribution < 1.29 is 18.7 Å². The third-order valence-corrected chi connectivity index (χ3v) is 3.88. The Morgan fingerprint density at radius 1 is 1.08 bits per heavy atom. The van der Waals surface area contributed by atoms with Crippen LogP contribution in [0.4, 0.5) is 5.69 Å². The second-order valence-corrected chi connectivity index (χ2v) is 5.52. The van der Waals surface area contributed by atoms with Crippen LogP contribution in [-0.2, 0) is 0 Å². The van der Waals surface area contributed by atoms with Gasteiger partial charge in [0.1, 0.15) is 17.1 Å². The minimum atomic E-state index is -0.592. The summed E-state index contributed by atoms with van der Waals surface area (Å²) in [4.78, 5) is 24.6. The van der Waals surface area contributed by atoms with Crippen LogP contribution in [0, 0.1) is 0 Å². The number of nitrogens with one attached hydrogen (secondary N) is 1. The van der Waals surface area contributed by atoms with E-state index in [1.165, 1.54) is 26.4 Å². The van der Waals surface area contributed by atoms with Gasteiger partial charge in [0.05, 0.1) is 30.3 Å². The number of hydrogen-bond acceptors (Lipinski definition) is 5. The first-order chi connectivity index (χ1) is 12.0. The molecular weight excluding hydrogens is 346 g/mol. The van der Waals surface area contributed by atoms with E-state index in [4.69, 9.17) is 25.5 Å². The number of carbonyl (C=O) groups excluding carboxylic acids is 1. The second-order valence-electron chi connectivity index (χ2n) is 5.11. The molecule has 2 aromatic carbocycles. The number of hydrogen-bond donors (Lipinski definition) is 1. The van der Waals surface area contributed by atoms with Crippen molar-refractivity contribution in [2.24, 2.45) is 0 Å². The highest BCUT2D eigenvalue weighted by molar-refractivity contribution is 6.32. The summed E-state index contributed by atoms with van der Waals surface area (Å²) in [5, 5.41) is 3.39. The first kappa shape index (κ1) is 16.9. The molecule has 3 rings (SSSR count). The van der Waals surface area contributed by atoms with Crippen LogP contribution in [0.1, 0.15) is 10.6 Å². The van der Waals surface area contributed by atoms with E-state index in [1.54, 1.807) is 24.3 Å². The molecule has 128 valence electrons. The molecule has 0 aliphatic heterocycles. The number of rotatable bonds is 4. The van der Waals surface area contributed by atoms with Crippen molar-refractivity contribution in [1.82, 2.24) is 0 Å². The lowest BCUT2D eigenvalue weighted by Gasteiger charge is -2.13. The van der Waals surface area contributed by atoms with E-state index in [0.29, 0.717) is 33.2 Å². The third kappa shape index (κ3) is 3.29. The summed E-state index contributed by atoms with van der Waals surface area (Å²) in [5.74, 6) is 0.0187. The van der Waals surface area contributed by atoms with Crippen LogP contribution in [0.25, 0.3) is 11.0 Å². The van der Waals surface area contributed by atoms with E-state index in [9.17, 15) is 9.59 Å². The molecule has 0 saturated heterocycles. The largest absolute Gasteiger partial charge is 0.495 e. The fraction of sp³-hybridized carbons (Fsp3) is 0.111. The first-order valence-electron chi connectivity index (χ1n) is 7.29. The molecule has 1 aromatic heterocycles. The monoisotopic (exact) mass is 359 g/mol. The van der Waals surface area contributed by atoms with Gasteiger partial charge in [0.2, 0.25) is 0 Å². The molecule has 0 unspecified atom stereocenters. The summed E-state index contributed by atoms with van der Waals surface area (Å²) in [6.45, 7) is 0. The predicted octanol–water partition coefficient (Wildman–Crippen LogP) is 3.72. The number of benzene rings is 2. The Labute approximate surface area is 147 Å². The minimum Gasteiger partial charge on any atom is -0.495 e. The fourth-order valence-corrected chi connectivity index (χ4v) is 2.59. The summed E-state index contributed by atoms with van der Waals surface area (Å²) in [6, 6.07) is 10.9. The fourth-order valence-electron chi connectivity index (χ4n) is 2.36. The molecule has 0 bridgehead atoms. The number of fused-ring (bicyclic) bond motifs is 1. The molecule has 1 N–H and O–H groups in total. The van der Waals surface area contributed by atoms with Crippen LogP contribution in [0.5, 0.6) is 11.5 Å². The zero-order valence-electron chi connectivity index (χ0n) is 13.5. The third-order valence-electron chi connectivity index (χ3n) is 3.58. The summed E-state index contributed by atoms with van der Waals surface area (Å²) >= 11 is 6.04. The number of methoxy groups -OCH3 is 2. The number of anilines is 1. The van der Waals surface area contributed by atoms with Gasteiger partial charge in [-0.15, -0.1) is 0 Å². The van der Waals surface area contributed by atoms with Gasteiger partial charge in [0.15, 0.2) is 11.2 Å². The molecule has 0 saturated carbocycles. The number of ether oxygens (including phenoxy) is 2. The summed E-state index contributed by atoms with van der Waals surface area (Å²) in [6.07, 6.45) is 0. The number of halogens is 1. The van der Waals surface area contributed by atoms with Gasteiger partial charge in [-0.3, -0.25) is 9.59 Å². The van der Waals surface area contributed by atoms with Crippen LogP contribution in [-0.4, -0.2) is 20.1 Å². The van der Waals surface area contributed by atoms with Gasteiger partial charge in [-0.1, -0.05) is 23.7 Å². The van der Waals surface area contributed by atoms with Crippen LogP contribution in [0.3, 0.4) is 0 Å². The highest BCUT2D eigenvalue weighted by atomic mass is 35.5. The van der Waals surface area contributed by atoms with Crippen LogP contribution >= 0.6 is 11.6 Å². The molecule has 7 heteroatoms. The van der Waals surface area contributed by atoms with Crippen LogP contribution in [0.2, 0.25) is 5.02 Å². The van der Waals surface area contributed by atoms with Crippen molar-refractivity contribution in [3.8, 4) is 11.5 Å². The van der Waals surface area contributed by atoms with Gasteiger partial charge in [0.25, 0.3) is 5.91 Å². The zero-order chi connectivity index (χ0) is 18.0. The van der Waals surface area contributed by atoms with Crippen LogP contribution in [0.15, 0.2) is 51.7 Å². The van der Waals surface area contributed by atoms with Gasteiger partial charge < -0.3 is 19.2 Å². The molecule has 0 atom stereocenters. The predicted molar refractivity (Wildman–Crippen MR) is 95.0 cm³/mol. The van der Waals surface area contributed by atoms with Gasteiger partial charge in [-0.25, -0.2) is 0 Å². The molecule has 0 aliphatic rings. The molecule has 6 nitrogen and oxygen atoms in total. The lowest BCUT2D eigenvalue weighted by atomic mass is 10.2. The summed E-state index contributed by atoms with van der Waals surface area (Å²) < 4.78 is 15.9. The number of carbonyl (C=O) groups is 1. The molecule has 1 heterocycles. The van der Waals surface area contributed by atoms with E-state index in [0.717, 1.165) is 6.07 Å². The molecule has 0 aliphatic carbocycles. The molecule has 0 spiro atoms. The smallest absolute Gasteiger partial charge is 0.291 e. The first-order valence-corrected chi connectivity index (χ1v) is 7.67. The van der Waals surface area contributed by atoms with E-state index < -0.39 is 5.91 Å². The lowest BCUT2D eigenvalue weighted by Crippen LogP contribution is -2.15. The second kappa shape index (κ2) is 6.86. The van der Waals surface area contributed by atoms with Gasteiger partial charge in [-0.05, 0) is 12.1 Å². The van der Waals surface area contributed by atoms with Gasteiger partial charge in [-0.2, -0.15) is 0 Å². The number of amides is 1. The molecule has 3 aromatic rings. The molecular formula is C18H14ClNO5. The summed E-state index contributed by atoms with van der Waals surface area (Å²) in [7, 11) is 2.91. The standard InChI is InChI=1S/C18H14ClNO5/c1-23-15-8-12(16(24-2)7-11(15)19)20-18(22)17-9-13(21)10-5-3-4-6-14(10)25-17/h3-9H,1-2H3,(H,20,22). The van der Waals surface area contributed by atoms with E-state index in [-0.39, 0.29) is 11.2 Å².